The molecule has 1 unspecified atom stereocenters. The van der Waals surface area contributed by atoms with E-state index >= 15 is 0 Å². The highest BCUT2D eigenvalue weighted by atomic mass is 35.5. The molecule has 1 aromatic heterocycles. The van der Waals surface area contributed by atoms with E-state index in [1.54, 1.807) is 6.20 Å². The number of hydrogen-bond donors (Lipinski definition) is 1. The van der Waals surface area contributed by atoms with Crippen LogP contribution in [0.4, 0.5) is 13.2 Å². The molecule has 0 aliphatic carbocycles. The standard InChI is InChI=1S/C23H22ClF3N4O2S/c24-18-5-7-20(8-6-18)34(32,33)31-13-9-19(10-14-31)30-22(21-15-28-11-12-29-21)16-1-3-17(4-2-16)23(25,26)27/h1-8,11-12,15,19,22,30H,9-10,13-14H2. The van der Waals surface area contributed by atoms with Gasteiger partial charge in [0.2, 0.25) is 10.0 Å². The van der Waals surface area contributed by atoms with Crippen LogP contribution in [-0.4, -0.2) is 41.8 Å². The fourth-order valence-corrected chi connectivity index (χ4v) is 5.53. The van der Waals surface area contributed by atoms with Gasteiger partial charge in [-0.3, -0.25) is 9.97 Å². The molecule has 34 heavy (non-hydrogen) atoms. The summed E-state index contributed by atoms with van der Waals surface area (Å²) in [5.41, 5.74) is 0.457. The van der Waals surface area contributed by atoms with E-state index in [1.807, 2.05) is 0 Å². The predicted molar refractivity (Wildman–Crippen MR) is 122 cm³/mol. The van der Waals surface area contributed by atoms with Crippen LogP contribution < -0.4 is 5.32 Å². The molecule has 1 aliphatic heterocycles. The zero-order valence-electron chi connectivity index (χ0n) is 17.9. The number of aromatic nitrogens is 2. The molecule has 11 heteroatoms. The molecule has 2 heterocycles. The van der Waals surface area contributed by atoms with Crippen LogP contribution in [0.3, 0.4) is 0 Å². The van der Waals surface area contributed by atoms with E-state index in [-0.39, 0.29) is 10.9 Å². The van der Waals surface area contributed by atoms with Gasteiger partial charge in [0.1, 0.15) is 0 Å². The van der Waals surface area contributed by atoms with Crippen molar-refractivity contribution in [1.82, 2.24) is 19.6 Å². The van der Waals surface area contributed by atoms with E-state index in [4.69, 9.17) is 11.6 Å². The molecule has 4 rings (SSSR count). The first-order valence-electron chi connectivity index (χ1n) is 10.6. The first kappa shape index (κ1) is 24.6. The number of sulfonamides is 1. The number of halogens is 4. The second-order valence-electron chi connectivity index (χ2n) is 7.98. The maximum atomic E-state index is 13.0. The molecule has 1 saturated heterocycles. The summed E-state index contributed by atoms with van der Waals surface area (Å²) in [5.74, 6) is 0. The van der Waals surface area contributed by atoms with E-state index in [0.717, 1.165) is 12.1 Å². The Hall–Kier alpha value is -2.53. The molecule has 0 radical (unpaired) electrons. The minimum Gasteiger partial charge on any atom is -0.302 e. The van der Waals surface area contributed by atoms with Crippen LogP contribution >= 0.6 is 11.6 Å². The van der Waals surface area contributed by atoms with Crippen molar-refractivity contribution < 1.29 is 21.6 Å². The molecule has 1 aliphatic rings. The van der Waals surface area contributed by atoms with Gasteiger partial charge >= 0.3 is 6.18 Å². The maximum absolute atomic E-state index is 13.0. The van der Waals surface area contributed by atoms with E-state index in [2.05, 4.69) is 15.3 Å². The van der Waals surface area contributed by atoms with E-state index in [1.165, 1.54) is 53.1 Å². The second kappa shape index (κ2) is 9.99. The number of piperidine rings is 1. The van der Waals surface area contributed by atoms with Crippen molar-refractivity contribution in [3.05, 3.63) is 89.0 Å². The SMILES string of the molecule is O=S(=O)(c1ccc(Cl)cc1)N1CCC(NC(c2ccc(C(F)(F)F)cc2)c2cnccn2)CC1. The molecule has 1 fully saturated rings. The summed E-state index contributed by atoms with van der Waals surface area (Å²) in [6.07, 6.45) is 1.25. The summed E-state index contributed by atoms with van der Waals surface area (Å²) in [6, 6.07) is 10.4. The van der Waals surface area contributed by atoms with Crippen molar-refractivity contribution in [3.8, 4) is 0 Å². The molecule has 2 aromatic carbocycles. The van der Waals surface area contributed by atoms with Gasteiger partial charge in [-0.15, -0.1) is 0 Å². The third kappa shape index (κ3) is 5.57. The average Bonchev–Trinajstić information content (AvgIpc) is 2.83. The molecule has 0 amide bonds. The molecule has 0 bridgehead atoms. The normalized spacial score (nSPS) is 16.9. The predicted octanol–water partition coefficient (Wildman–Crippen LogP) is 4.68. The fourth-order valence-electron chi connectivity index (χ4n) is 3.93. The molecule has 3 aromatic rings. The lowest BCUT2D eigenvalue weighted by Gasteiger charge is -2.34. The molecule has 0 saturated carbocycles. The molecule has 0 spiro atoms. The Kier molecular flexibility index (Phi) is 7.22. The molecular formula is C23H22ClF3N4O2S. The van der Waals surface area contributed by atoms with Gasteiger partial charge in [-0.25, -0.2) is 8.42 Å². The van der Waals surface area contributed by atoms with Crippen LogP contribution in [0.15, 0.2) is 72.0 Å². The molecule has 6 nitrogen and oxygen atoms in total. The summed E-state index contributed by atoms with van der Waals surface area (Å²) in [5, 5.41) is 3.90. The van der Waals surface area contributed by atoms with Crippen molar-refractivity contribution in [2.24, 2.45) is 0 Å². The minimum absolute atomic E-state index is 0.0639. The summed E-state index contributed by atoms with van der Waals surface area (Å²) in [6.45, 7) is 0.617. The zero-order chi connectivity index (χ0) is 24.3. The largest absolute Gasteiger partial charge is 0.416 e. The highest BCUT2D eigenvalue weighted by Crippen LogP contribution is 2.31. The van der Waals surface area contributed by atoms with Crippen LogP contribution in [-0.2, 0) is 16.2 Å². The van der Waals surface area contributed by atoms with Gasteiger partial charge < -0.3 is 5.32 Å². The van der Waals surface area contributed by atoms with Gasteiger partial charge in [0.15, 0.2) is 0 Å². The lowest BCUT2D eigenvalue weighted by atomic mass is 9.98. The summed E-state index contributed by atoms with van der Waals surface area (Å²) in [4.78, 5) is 8.60. The number of rotatable bonds is 6. The van der Waals surface area contributed by atoms with Gasteiger partial charge in [-0.1, -0.05) is 23.7 Å². The number of benzene rings is 2. The van der Waals surface area contributed by atoms with Gasteiger partial charge in [0.05, 0.1) is 28.4 Å². The lowest BCUT2D eigenvalue weighted by Crippen LogP contribution is -2.46. The second-order valence-corrected chi connectivity index (χ2v) is 10.4. The Bertz CT molecular complexity index is 1200. The Morgan fingerprint density at radius 1 is 1.00 bits per heavy atom. The summed E-state index contributed by atoms with van der Waals surface area (Å²) in [7, 11) is -3.64. The van der Waals surface area contributed by atoms with Crippen LogP contribution in [0, 0.1) is 0 Å². The summed E-state index contributed by atoms with van der Waals surface area (Å²) >= 11 is 5.87. The van der Waals surface area contributed by atoms with Crippen LogP contribution in [0.2, 0.25) is 5.02 Å². The van der Waals surface area contributed by atoms with Gasteiger partial charge in [-0.05, 0) is 54.8 Å². The molecular weight excluding hydrogens is 489 g/mol. The summed E-state index contributed by atoms with van der Waals surface area (Å²) < 4.78 is 66.3. The van der Waals surface area contributed by atoms with Crippen molar-refractivity contribution >= 4 is 21.6 Å². The average molecular weight is 511 g/mol. The van der Waals surface area contributed by atoms with Crippen molar-refractivity contribution in [1.29, 1.82) is 0 Å². The van der Waals surface area contributed by atoms with Crippen LogP contribution in [0.1, 0.15) is 35.7 Å². The van der Waals surface area contributed by atoms with Crippen LogP contribution in [0.25, 0.3) is 0 Å². The number of nitrogens with zero attached hydrogens (tertiary/aromatic N) is 3. The highest BCUT2D eigenvalue weighted by Gasteiger charge is 2.32. The fraction of sp³-hybridized carbons (Fsp3) is 0.304. The van der Waals surface area contributed by atoms with Crippen molar-refractivity contribution in [3.63, 3.8) is 0 Å². The first-order valence-corrected chi connectivity index (χ1v) is 12.4. The third-order valence-corrected chi connectivity index (χ3v) is 7.92. The van der Waals surface area contributed by atoms with Crippen LogP contribution in [0.5, 0.6) is 0 Å². The number of nitrogens with one attached hydrogen (secondary N) is 1. The molecule has 1 N–H and O–H groups in total. The van der Waals surface area contributed by atoms with Gasteiger partial charge in [0, 0.05) is 36.5 Å². The topological polar surface area (TPSA) is 75.2 Å². The maximum Gasteiger partial charge on any atom is 0.416 e. The number of hydrogen-bond acceptors (Lipinski definition) is 5. The Morgan fingerprint density at radius 3 is 2.21 bits per heavy atom. The lowest BCUT2D eigenvalue weighted by molar-refractivity contribution is -0.137. The van der Waals surface area contributed by atoms with Crippen molar-refractivity contribution in [2.45, 2.75) is 36.0 Å². The monoisotopic (exact) mass is 510 g/mol. The van der Waals surface area contributed by atoms with E-state index in [9.17, 15) is 21.6 Å². The minimum atomic E-state index is -4.42. The first-order chi connectivity index (χ1) is 16.1. The number of alkyl halides is 3. The third-order valence-electron chi connectivity index (χ3n) is 5.76. The molecule has 180 valence electrons. The van der Waals surface area contributed by atoms with Gasteiger partial charge in [-0.2, -0.15) is 17.5 Å². The zero-order valence-corrected chi connectivity index (χ0v) is 19.5. The highest BCUT2D eigenvalue weighted by molar-refractivity contribution is 7.89. The Labute approximate surface area is 200 Å². The Balaban J connectivity index is 1.48. The quantitative estimate of drug-likeness (QED) is 0.521. The Morgan fingerprint density at radius 2 is 1.65 bits per heavy atom. The smallest absolute Gasteiger partial charge is 0.302 e. The molecule has 1 atom stereocenters. The van der Waals surface area contributed by atoms with E-state index in [0.29, 0.717) is 42.2 Å². The van der Waals surface area contributed by atoms with Gasteiger partial charge in [0.25, 0.3) is 0 Å². The van der Waals surface area contributed by atoms with E-state index < -0.39 is 27.8 Å². The van der Waals surface area contributed by atoms with Crippen molar-refractivity contribution in [2.75, 3.05) is 13.1 Å².